The van der Waals surface area contributed by atoms with Crippen LogP contribution in [0.3, 0.4) is 0 Å². The molecule has 7 heteroatoms. The number of benzene rings is 2. The number of methoxy groups -OCH3 is 1. The van der Waals surface area contributed by atoms with E-state index >= 15 is 0 Å². The van der Waals surface area contributed by atoms with E-state index in [2.05, 4.69) is 22.2 Å². The van der Waals surface area contributed by atoms with Gasteiger partial charge in [-0.05, 0) is 57.3 Å². The quantitative estimate of drug-likeness (QED) is 0.751. The van der Waals surface area contributed by atoms with E-state index < -0.39 is 0 Å². The zero-order valence-electron chi connectivity index (χ0n) is 18.1. The van der Waals surface area contributed by atoms with Crippen molar-refractivity contribution in [2.75, 3.05) is 51.8 Å². The number of rotatable bonds is 7. The standard InChI is InChI=1S/C23H30FN3O3/c1-5-30-22-14-17(6-9-21(22)29-4)23(28)25-16(2)19-15-18(24)7-8-20(19)27-12-10-26(3)11-13-27/h6-9,14-16H,5,10-13H2,1-4H3,(H,25,28). The second-order valence-corrected chi connectivity index (χ2v) is 7.49. The number of nitrogens with zero attached hydrogens (tertiary/aromatic N) is 2. The maximum atomic E-state index is 14.0. The number of nitrogens with one attached hydrogen (secondary N) is 1. The molecule has 30 heavy (non-hydrogen) atoms. The maximum Gasteiger partial charge on any atom is 0.251 e. The van der Waals surface area contributed by atoms with Crippen LogP contribution < -0.4 is 19.7 Å². The molecule has 1 aliphatic rings. The molecule has 0 aromatic heterocycles. The van der Waals surface area contributed by atoms with Crippen molar-refractivity contribution in [2.45, 2.75) is 19.9 Å². The summed E-state index contributed by atoms with van der Waals surface area (Å²) in [5, 5.41) is 3.00. The predicted molar refractivity (Wildman–Crippen MR) is 116 cm³/mol. The van der Waals surface area contributed by atoms with Gasteiger partial charge in [-0.3, -0.25) is 4.79 Å². The van der Waals surface area contributed by atoms with Crippen molar-refractivity contribution < 1.29 is 18.7 Å². The Morgan fingerprint density at radius 2 is 1.87 bits per heavy atom. The SMILES string of the molecule is CCOc1cc(C(=O)NC(C)c2cc(F)ccc2N2CCN(C)CC2)ccc1OC. The van der Waals surface area contributed by atoms with Gasteiger partial charge in [0.05, 0.1) is 19.8 Å². The lowest BCUT2D eigenvalue weighted by atomic mass is 10.0. The molecule has 0 saturated carbocycles. The van der Waals surface area contributed by atoms with E-state index in [1.165, 1.54) is 12.1 Å². The molecule has 1 unspecified atom stereocenters. The van der Waals surface area contributed by atoms with E-state index in [1.807, 2.05) is 13.8 Å². The first kappa shape index (κ1) is 21.9. The highest BCUT2D eigenvalue weighted by molar-refractivity contribution is 5.95. The van der Waals surface area contributed by atoms with Gasteiger partial charge in [0.25, 0.3) is 5.91 Å². The van der Waals surface area contributed by atoms with Crippen molar-refractivity contribution in [1.82, 2.24) is 10.2 Å². The van der Waals surface area contributed by atoms with E-state index in [0.717, 1.165) is 37.4 Å². The van der Waals surface area contributed by atoms with Crippen molar-refractivity contribution in [2.24, 2.45) is 0 Å². The minimum Gasteiger partial charge on any atom is -0.493 e. The Hall–Kier alpha value is -2.80. The number of piperazine rings is 1. The summed E-state index contributed by atoms with van der Waals surface area (Å²) in [6.45, 7) is 7.85. The molecule has 0 spiro atoms. The average Bonchev–Trinajstić information content (AvgIpc) is 2.74. The first-order valence-electron chi connectivity index (χ1n) is 10.3. The molecular weight excluding hydrogens is 385 g/mol. The molecule has 1 heterocycles. The van der Waals surface area contributed by atoms with Crippen LogP contribution in [0.5, 0.6) is 11.5 Å². The summed E-state index contributed by atoms with van der Waals surface area (Å²) >= 11 is 0. The van der Waals surface area contributed by atoms with E-state index in [1.54, 1.807) is 31.4 Å². The minimum atomic E-state index is -0.361. The van der Waals surface area contributed by atoms with Crippen LogP contribution in [0.4, 0.5) is 10.1 Å². The van der Waals surface area contributed by atoms with Crippen molar-refractivity contribution in [3.05, 3.63) is 53.3 Å². The second kappa shape index (κ2) is 9.80. The summed E-state index contributed by atoms with van der Waals surface area (Å²) in [6, 6.07) is 9.50. The molecule has 1 fully saturated rings. The molecule has 0 radical (unpaired) electrons. The van der Waals surface area contributed by atoms with Gasteiger partial charge in [0.1, 0.15) is 5.82 Å². The number of hydrogen-bond donors (Lipinski definition) is 1. The normalized spacial score (nSPS) is 15.6. The third-order valence-electron chi connectivity index (χ3n) is 5.37. The monoisotopic (exact) mass is 415 g/mol. The molecular formula is C23H30FN3O3. The number of carbonyl (C=O) groups is 1. The lowest BCUT2D eigenvalue weighted by Gasteiger charge is -2.36. The van der Waals surface area contributed by atoms with Crippen LogP contribution >= 0.6 is 0 Å². The topological polar surface area (TPSA) is 54.0 Å². The van der Waals surface area contributed by atoms with E-state index in [4.69, 9.17) is 9.47 Å². The maximum absolute atomic E-state index is 14.0. The average molecular weight is 416 g/mol. The largest absolute Gasteiger partial charge is 0.493 e. The molecule has 2 aromatic rings. The van der Waals surface area contributed by atoms with Crippen molar-refractivity contribution in [3.8, 4) is 11.5 Å². The summed E-state index contributed by atoms with van der Waals surface area (Å²) in [7, 11) is 3.65. The summed E-state index contributed by atoms with van der Waals surface area (Å²) in [5.41, 5.74) is 2.19. The fourth-order valence-corrected chi connectivity index (χ4v) is 3.65. The van der Waals surface area contributed by atoms with Gasteiger partial charge >= 0.3 is 0 Å². The Morgan fingerprint density at radius 3 is 2.53 bits per heavy atom. The highest BCUT2D eigenvalue weighted by Gasteiger charge is 2.22. The number of ether oxygens (including phenoxy) is 2. The van der Waals surface area contributed by atoms with Gasteiger partial charge in [-0.1, -0.05) is 0 Å². The van der Waals surface area contributed by atoms with Crippen molar-refractivity contribution in [3.63, 3.8) is 0 Å². The zero-order chi connectivity index (χ0) is 21.7. The Bertz CT molecular complexity index is 882. The summed E-state index contributed by atoms with van der Waals surface area (Å²) in [4.78, 5) is 17.4. The van der Waals surface area contributed by atoms with Crippen LogP contribution in [0, 0.1) is 5.82 Å². The van der Waals surface area contributed by atoms with Gasteiger partial charge in [0, 0.05) is 43.0 Å². The second-order valence-electron chi connectivity index (χ2n) is 7.49. The molecule has 6 nitrogen and oxygen atoms in total. The van der Waals surface area contributed by atoms with Gasteiger partial charge in [0.15, 0.2) is 11.5 Å². The Balaban J connectivity index is 1.80. The summed E-state index contributed by atoms with van der Waals surface area (Å²) in [5.74, 6) is 0.528. The first-order chi connectivity index (χ1) is 14.4. The van der Waals surface area contributed by atoms with Crippen LogP contribution in [-0.2, 0) is 0 Å². The number of carbonyl (C=O) groups excluding carboxylic acids is 1. The third-order valence-corrected chi connectivity index (χ3v) is 5.37. The number of hydrogen-bond acceptors (Lipinski definition) is 5. The highest BCUT2D eigenvalue weighted by Crippen LogP contribution is 2.30. The van der Waals surface area contributed by atoms with E-state index in [0.29, 0.717) is 23.7 Å². The first-order valence-corrected chi connectivity index (χ1v) is 10.3. The van der Waals surface area contributed by atoms with Crippen LogP contribution in [0.1, 0.15) is 35.8 Å². The van der Waals surface area contributed by atoms with Gasteiger partial charge in [0.2, 0.25) is 0 Å². The van der Waals surface area contributed by atoms with Crippen molar-refractivity contribution >= 4 is 11.6 Å². The highest BCUT2D eigenvalue weighted by atomic mass is 19.1. The molecule has 1 aliphatic heterocycles. The van der Waals surface area contributed by atoms with Crippen LogP contribution in [0.15, 0.2) is 36.4 Å². The zero-order valence-corrected chi connectivity index (χ0v) is 18.1. The lowest BCUT2D eigenvalue weighted by molar-refractivity contribution is 0.0939. The van der Waals surface area contributed by atoms with Gasteiger partial charge in [-0.25, -0.2) is 4.39 Å². The van der Waals surface area contributed by atoms with Crippen LogP contribution in [-0.4, -0.2) is 57.8 Å². The molecule has 162 valence electrons. The van der Waals surface area contributed by atoms with Gasteiger partial charge in [-0.2, -0.15) is 0 Å². The number of amides is 1. The summed E-state index contributed by atoms with van der Waals surface area (Å²) in [6.07, 6.45) is 0. The number of halogens is 1. The lowest BCUT2D eigenvalue weighted by Crippen LogP contribution is -2.45. The molecule has 2 aromatic carbocycles. The van der Waals surface area contributed by atoms with E-state index in [9.17, 15) is 9.18 Å². The number of anilines is 1. The smallest absolute Gasteiger partial charge is 0.251 e. The Morgan fingerprint density at radius 1 is 1.13 bits per heavy atom. The number of likely N-dealkylation sites (N-methyl/N-ethyl adjacent to an activating group) is 1. The molecule has 0 bridgehead atoms. The van der Waals surface area contributed by atoms with E-state index in [-0.39, 0.29) is 17.8 Å². The van der Waals surface area contributed by atoms with Crippen LogP contribution in [0.2, 0.25) is 0 Å². The summed E-state index contributed by atoms with van der Waals surface area (Å²) < 4.78 is 24.9. The molecule has 0 aliphatic carbocycles. The predicted octanol–water partition coefficient (Wildman–Crippen LogP) is 3.48. The fraction of sp³-hybridized carbons (Fsp3) is 0.435. The molecule has 1 atom stereocenters. The van der Waals surface area contributed by atoms with Gasteiger partial charge in [-0.15, -0.1) is 0 Å². The van der Waals surface area contributed by atoms with Crippen LogP contribution in [0.25, 0.3) is 0 Å². The Labute approximate surface area is 177 Å². The minimum absolute atomic E-state index is 0.250. The third kappa shape index (κ3) is 5.02. The van der Waals surface area contributed by atoms with Crippen molar-refractivity contribution in [1.29, 1.82) is 0 Å². The fourth-order valence-electron chi connectivity index (χ4n) is 3.65. The Kier molecular flexibility index (Phi) is 7.15. The molecule has 1 N–H and O–H groups in total. The molecule has 1 amide bonds. The molecule has 1 saturated heterocycles. The van der Waals surface area contributed by atoms with Gasteiger partial charge < -0.3 is 24.6 Å². The molecule has 3 rings (SSSR count).